The predicted molar refractivity (Wildman–Crippen MR) is 47.1 cm³/mol. The highest BCUT2D eigenvalue weighted by Gasteiger charge is 1.89. The maximum Gasteiger partial charge on any atom is -0.00142 e. The van der Waals surface area contributed by atoms with E-state index in [9.17, 15) is 0 Å². The molecular formula is C9H19N. The van der Waals surface area contributed by atoms with Gasteiger partial charge in [0, 0.05) is 0 Å². The van der Waals surface area contributed by atoms with Gasteiger partial charge in [0.05, 0.1) is 0 Å². The van der Waals surface area contributed by atoms with Gasteiger partial charge in [0.2, 0.25) is 0 Å². The van der Waals surface area contributed by atoms with Crippen molar-refractivity contribution in [2.24, 2.45) is 5.92 Å². The van der Waals surface area contributed by atoms with Gasteiger partial charge >= 0.3 is 0 Å². The first kappa shape index (κ1) is 9.70. The summed E-state index contributed by atoms with van der Waals surface area (Å²) in [7, 11) is 0. The molecule has 0 radical (unpaired) electrons. The van der Waals surface area contributed by atoms with Crippen molar-refractivity contribution in [2.75, 3.05) is 13.1 Å². The third-order valence-corrected chi connectivity index (χ3v) is 1.28. The van der Waals surface area contributed by atoms with Crippen molar-refractivity contribution >= 4 is 0 Å². The maximum atomic E-state index is 3.37. The van der Waals surface area contributed by atoms with Gasteiger partial charge < -0.3 is 5.32 Å². The monoisotopic (exact) mass is 141 g/mol. The molecule has 10 heavy (non-hydrogen) atoms. The fraction of sp³-hybridized carbons (Fsp3) is 0.778. The first-order chi connectivity index (χ1) is 4.77. The van der Waals surface area contributed by atoms with Crippen LogP contribution in [-0.4, -0.2) is 13.1 Å². The van der Waals surface area contributed by atoms with Crippen LogP contribution in [-0.2, 0) is 0 Å². The Kier molecular flexibility index (Phi) is 6.61. The van der Waals surface area contributed by atoms with Gasteiger partial charge in [0.1, 0.15) is 0 Å². The van der Waals surface area contributed by atoms with E-state index in [1.807, 2.05) is 0 Å². The highest BCUT2D eigenvalue weighted by Crippen LogP contribution is 1.87. The van der Waals surface area contributed by atoms with Crippen LogP contribution in [0, 0.1) is 5.92 Å². The van der Waals surface area contributed by atoms with E-state index in [0.717, 1.165) is 25.4 Å². The smallest absolute Gasteiger partial charge is 0.00142 e. The average molecular weight is 141 g/mol. The average Bonchev–Trinajstić information content (AvgIpc) is 1.87. The van der Waals surface area contributed by atoms with E-state index in [-0.39, 0.29) is 0 Å². The summed E-state index contributed by atoms with van der Waals surface area (Å²) in [6.07, 6.45) is 5.44. The summed E-state index contributed by atoms with van der Waals surface area (Å²) in [5.74, 6) is 0.769. The molecule has 0 aromatic carbocycles. The summed E-state index contributed by atoms with van der Waals surface area (Å²) in [6.45, 7) is 8.76. The van der Waals surface area contributed by atoms with Crippen LogP contribution in [0.5, 0.6) is 0 Å². The van der Waals surface area contributed by atoms with E-state index >= 15 is 0 Å². The molecular weight excluding hydrogens is 122 g/mol. The molecule has 0 aromatic heterocycles. The molecule has 0 aliphatic heterocycles. The van der Waals surface area contributed by atoms with E-state index < -0.39 is 0 Å². The van der Waals surface area contributed by atoms with Crippen molar-refractivity contribution in [2.45, 2.75) is 27.2 Å². The Labute approximate surface area is 64.5 Å². The Hall–Kier alpha value is -0.300. The summed E-state index contributed by atoms with van der Waals surface area (Å²) in [6, 6.07) is 0. The highest BCUT2D eigenvalue weighted by molar-refractivity contribution is 4.77. The van der Waals surface area contributed by atoms with E-state index in [0.29, 0.717) is 0 Å². The lowest BCUT2D eigenvalue weighted by atomic mass is 10.2. The van der Waals surface area contributed by atoms with E-state index in [2.05, 4.69) is 38.2 Å². The van der Waals surface area contributed by atoms with Crippen molar-refractivity contribution in [3.63, 3.8) is 0 Å². The van der Waals surface area contributed by atoms with Gasteiger partial charge in [-0.15, -0.1) is 0 Å². The van der Waals surface area contributed by atoms with Crippen LogP contribution in [0.4, 0.5) is 0 Å². The second-order valence-corrected chi connectivity index (χ2v) is 2.96. The van der Waals surface area contributed by atoms with Crippen LogP contribution < -0.4 is 5.32 Å². The lowest BCUT2D eigenvalue weighted by Crippen LogP contribution is -2.20. The second kappa shape index (κ2) is 6.81. The molecule has 0 aliphatic rings. The molecule has 0 atom stereocenters. The van der Waals surface area contributed by atoms with Gasteiger partial charge in [-0.2, -0.15) is 0 Å². The lowest BCUT2D eigenvalue weighted by molar-refractivity contribution is 0.557. The SMILES string of the molecule is CC=CCCNCC(C)C. The van der Waals surface area contributed by atoms with E-state index in [1.165, 1.54) is 0 Å². The summed E-state index contributed by atoms with van der Waals surface area (Å²) >= 11 is 0. The maximum absolute atomic E-state index is 3.37. The molecule has 0 spiro atoms. The Morgan fingerprint density at radius 3 is 2.60 bits per heavy atom. The lowest BCUT2D eigenvalue weighted by Gasteiger charge is -2.04. The Bertz CT molecular complexity index is 84.7. The largest absolute Gasteiger partial charge is 0.316 e. The zero-order valence-corrected chi connectivity index (χ0v) is 7.35. The molecule has 1 N–H and O–H groups in total. The van der Waals surface area contributed by atoms with Crippen molar-refractivity contribution in [3.8, 4) is 0 Å². The zero-order chi connectivity index (χ0) is 7.82. The van der Waals surface area contributed by atoms with Crippen LogP contribution in [0.25, 0.3) is 0 Å². The Balaban J connectivity index is 2.91. The number of hydrogen-bond donors (Lipinski definition) is 1. The number of nitrogens with one attached hydrogen (secondary N) is 1. The number of allylic oxidation sites excluding steroid dienone is 1. The first-order valence-electron chi connectivity index (χ1n) is 4.09. The molecule has 0 saturated heterocycles. The van der Waals surface area contributed by atoms with Gasteiger partial charge in [0.15, 0.2) is 0 Å². The van der Waals surface area contributed by atoms with E-state index in [4.69, 9.17) is 0 Å². The number of rotatable bonds is 5. The molecule has 0 fully saturated rings. The summed E-state index contributed by atoms with van der Waals surface area (Å²) in [4.78, 5) is 0. The Morgan fingerprint density at radius 2 is 2.10 bits per heavy atom. The molecule has 0 aromatic rings. The quantitative estimate of drug-likeness (QED) is 0.457. The zero-order valence-electron chi connectivity index (χ0n) is 7.35. The van der Waals surface area contributed by atoms with Gasteiger partial charge in [-0.1, -0.05) is 26.0 Å². The number of hydrogen-bond acceptors (Lipinski definition) is 1. The molecule has 0 aliphatic carbocycles. The third-order valence-electron chi connectivity index (χ3n) is 1.28. The standard InChI is InChI=1S/C9H19N/c1-4-5-6-7-10-8-9(2)3/h4-5,9-10H,6-8H2,1-3H3. The molecule has 60 valence electrons. The molecule has 1 nitrogen and oxygen atoms in total. The fourth-order valence-corrected chi connectivity index (χ4v) is 0.743. The predicted octanol–water partition coefficient (Wildman–Crippen LogP) is 2.20. The van der Waals surface area contributed by atoms with Crippen LogP contribution in [0.2, 0.25) is 0 Å². The summed E-state index contributed by atoms with van der Waals surface area (Å²) in [5, 5.41) is 3.37. The third kappa shape index (κ3) is 7.70. The van der Waals surface area contributed by atoms with Gasteiger partial charge in [0.25, 0.3) is 0 Å². The van der Waals surface area contributed by atoms with Crippen LogP contribution in [0.3, 0.4) is 0 Å². The normalized spacial score (nSPS) is 11.6. The molecule has 0 amide bonds. The molecule has 0 unspecified atom stereocenters. The minimum absolute atomic E-state index is 0.769. The molecule has 0 heterocycles. The Morgan fingerprint density at radius 1 is 1.40 bits per heavy atom. The summed E-state index contributed by atoms with van der Waals surface area (Å²) in [5.41, 5.74) is 0. The molecule has 0 saturated carbocycles. The topological polar surface area (TPSA) is 12.0 Å². The molecule has 0 rings (SSSR count). The molecule has 1 heteroatoms. The van der Waals surface area contributed by atoms with Gasteiger partial charge in [-0.25, -0.2) is 0 Å². The molecule has 0 bridgehead atoms. The van der Waals surface area contributed by atoms with Crippen LogP contribution >= 0.6 is 0 Å². The fourth-order valence-electron chi connectivity index (χ4n) is 0.743. The van der Waals surface area contributed by atoms with Crippen molar-refractivity contribution in [1.29, 1.82) is 0 Å². The van der Waals surface area contributed by atoms with Crippen molar-refractivity contribution in [1.82, 2.24) is 5.32 Å². The second-order valence-electron chi connectivity index (χ2n) is 2.96. The van der Waals surface area contributed by atoms with Gasteiger partial charge in [-0.05, 0) is 32.4 Å². The van der Waals surface area contributed by atoms with Gasteiger partial charge in [-0.3, -0.25) is 0 Å². The minimum atomic E-state index is 0.769. The van der Waals surface area contributed by atoms with Crippen LogP contribution in [0.15, 0.2) is 12.2 Å². The minimum Gasteiger partial charge on any atom is -0.316 e. The van der Waals surface area contributed by atoms with Crippen molar-refractivity contribution < 1.29 is 0 Å². The highest BCUT2D eigenvalue weighted by atomic mass is 14.8. The van der Waals surface area contributed by atoms with Crippen LogP contribution in [0.1, 0.15) is 27.2 Å². The summed E-state index contributed by atoms with van der Waals surface area (Å²) < 4.78 is 0. The van der Waals surface area contributed by atoms with E-state index in [1.54, 1.807) is 0 Å². The first-order valence-corrected chi connectivity index (χ1v) is 4.09. The van der Waals surface area contributed by atoms with Crippen molar-refractivity contribution in [3.05, 3.63) is 12.2 Å².